The second-order valence-corrected chi connectivity index (χ2v) is 20.6. The first-order valence-corrected chi connectivity index (χ1v) is 22.7. The molecule has 4 aromatic carbocycles. The molecule has 6 aromatic rings. The summed E-state index contributed by atoms with van der Waals surface area (Å²) in [6.45, 7) is 2.10. The molecule has 0 bridgehead atoms. The van der Waals surface area contributed by atoms with Crippen LogP contribution in [0.2, 0.25) is 0 Å². The molecule has 60 heavy (non-hydrogen) atoms. The van der Waals surface area contributed by atoms with Gasteiger partial charge in [-0.05, 0) is 105 Å². The number of nitrogens with zero attached hydrogens (tertiary/aromatic N) is 2. The zero-order valence-corrected chi connectivity index (χ0v) is 34.7. The van der Waals surface area contributed by atoms with E-state index < -0.39 is 58.4 Å². The van der Waals surface area contributed by atoms with Gasteiger partial charge >= 0.3 is 0 Å². The highest BCUT2D eigenvalue weighted by Gasteiger charge is 2.53. The summed E-state index contributed by atoms with van der Waals surface area (Å²) in [4.78, 5) is 33.4. The Bertz CT molecular complexity index is 2860. The molecule has 4 heterocycles. The van der Waals surface area contributed by atoms with Crippen LogP contribution in [0.4, 0.5) is 13.2 Å². The van der Waals surface area contributed by atoms with Crippen LogP contribution >= 0.6 is 22.7 Å². The second-order valence-electron chi connectivity index (χ2n) is 14.0. The fraction of sp³-hybridized carbons (Fsp3) is 0.282. The molecule has 0 spiro atoms. The number of fused-ring (bicyclic) bond motifs is 2. The molecule has 0 radical (unpaired) electrons. The van der Waals surface area contributed by atoms with Crippen LogP contribution in [0, 0.1) is 24.4 Å². The molecule has 0 aliphatic carbocycles. The second kappa shape index (κ2) is 16.9. The smallest absolute Gasteiger partial charge is 0.265 e. The Morgan fingerprint density at radius 1 is 0.633 bits per heavy atom. The van der Waals surface area contributed by atoms with E-state index in [1.54, 1.807) is 19.1 Å². The SMILES string of the molecule is Cc1ccc(-c2nc3ccc(S(=O)(=O)C4(C(=O)NO)CCOCC4)cc3s2)c(F)c1.O=C(NO)C1(S(=O)(=O)c2ccc3nc(-c4ccc(F)c(F)c4)sc3c2)CCOCC1. The van der Waals surface area contributed by atoms with Crippen LogP contribution in [0.15, 0.2) is 82.6 Å². The maximum atomic E-state index is 14.3. The number of nitrogens with one attached hydrogen (secondary N) is 2. The highest BCUT2D eigenvalue weighted by Crippen LogP contribution is 2.40. The van der Waals surface area contributed by atoms with Crippen molar-refractivity contribution in [3.63, 3.8) is 0 Å². The number of hydroxylamine groups is 2. The molecule has 316 valence electrons. The summed E-state index contributed by atoms with van der Waals surface area (Å²) in [6, 6.07) is 16.8. The number of ether oxygens (including phenoxy) is 2. The van der Waals surface area contributed by atoms with Gasteiger partial charge in [0.15, 0.2) is 40.8 Å². The van der Waals surface area contributed by atoms with Gasteiger partial charge in [-0.1, -0.05) is 6.07 Å². The Kier molecular flexibility index (Phi) is 12.2. The number of aryl methyl sites for hydroxylation is 1. The maximum absolute atomic E-state index is 14.3. The van der Waals surface area contributed by atoms with Crippen LogP contribution in [0.5, 0.6) is 0 Å². The largest absolute Gasteiger partial charge is 0.381 e. The number of hydrogen-bond acceptors (Lipinski definition) is 14. The monoisotopic (exact) mass is 904 g/mol. The number of rotatable bonds is 8. The summed E-state index contributed by atoms with van der Waals surface area (Å²) < 4.78 is 102. The first-order chi connectivity index (χ1) is 28.6. The molecule has 2 aromatic heterocycles. The molecule has 2 amide bonds. The summed E-state index contributed by atoms with van der Waals surface area (Å²) in [6.07, 6.45) is -0.324. The number of carbonyl (C=O) groups excluding carboxylic acids is 2. The average Bonchev–Trinajstić information content (AvgIpc) is 3.88. The van der Waals surface area contributed by atoms with Crippen molar-refractivity contribution in [2.45, 2.75) is 51.9 Å². The molecule has 2 saturated heterocycles. The summed E-state index contributed by atoms with van der Waals surface area (Å²) in [5, 5.41) is 19.1. The molecule has 21 heteroatoms. The topological polar surface area (TPSA) is 211 Å². The number of amides is 2. The Morgan fingerprint density at radius 2 is 1.12 bits per heavy atom. The number of sulfone groups is 2. The third kappa shape index (κ3) is 7.68. The van der Waals surface area contributed by atoms with Gasteiger partial charge in [0.05, 0.1) is 30.2 Å². The predicted molar refractivity (Wildman–Crippen MR) is 215 cm³/mol. The highest BCUT2D eigenvalue weighted by atomic mass is 32.2. The van der Waals surface area contributed by atoms with Crippen LogP contribution in [-0.4, -0.2) is 85.0 Å². The lowest BCUT2D eigenvalue weighted by Gasteiger charge is -2.34. The van der Waals surface area contributed by atoms with E-state index in [0.717, 1.165) is 29.0 Å². The number of hydrogen-bond donors (Lipinski definition) is 4. The van der Waals surface area contributed by atoms with Gasteiger partial charge in [0.2, 0.25) is 0 Å². The van der Waals surface area contributed by atoms with Crippen LogP contribution in [-0.2, 0) is 38.7 Å². The van der Waals surface area contributed by atoms with Crippen molar-refractivity contribution in [1.82, 2.24) is 20.9 Å². The van der Waals surface area contributed by atoms with Crippen molar-refractivity contribution in [3.8, 4) is 21.1 Å². The van der Waals surface area contributed by atoms with E-state index in [2.05, 4.69) is 9.97 Å². The van der Waals surface area contributed by atoms with E-state index >= 15 is 0 Å². The van der Waals surface area contributed by atoms with Crippen LogP contribution in [0.3, 0.4) is 0 Å². The van der Waals surface area contributed by atoms with Gasteiger partial charge in [-0.2, -0.15) is 0 Å². The normalized spacial score (nSPS) is 16.5. The van der Waals surface area contributed by atoms with E-state index in [-0.39, 0.29) is 61.9 Å². The van der Waals surface area contributed by atoms with E-state index in [9.17, 15) is 39.6 Å². The molecule has 0 unspecified atom stereocenters. The van der Waals surface area contributed by atoms with Gasteiger partial charge in [-0.15, -0.1) is 22.7 Å². The van der Waals surface area contributed by atoms with E-state index in [0.29, 0.717) is 41.6 Å². The van der Waals surface area contributed by atoms with Crippen LogP contribution in [0.1, 0.15) is 31.2 Å². The van der Waals surface area contributed by atoms with Crippen molar-refractivity contribution < 1.29 is 59.5 Å². The molecular formula is C39H35F3N4O10S4. The van der Waals surface area contributed by atoms with Gasteiger partial charge in [-0.25, -0.2) is 50.9 Å². The fourth-order valence-corrected chi connectivity index (χ4v) is 13.2. The van der Waals surface area contributed by atoms with Crippen molar-refractivity contribution in [1.29, 1.82) is 0 Å². The van der Waals surface area contributed by atoms with Gasteiger partial charge in [0, 0.05) is 37.6 Å². The minimum atomic E-state index is -4.18. The van der Waals surface area contributed by atoms with Gasteiger partial charge < -0.3 is 9.47 Å². The lowest BCUT2D eigenvalue weighted by Crippen LogP contribution is -2.54. The third-order valence-electron chi connectivity index (χ3n) is 10.5. The lowest BCUT2D eigenvalue weighted by molar-refractivity contribution is -0.135. The average molecular weight is 905 g/mol. The molecule has 2 aliphatic rings. The molecule has 14 nitrogen and oxygen atoms in total. The standard InChI is InChI=1S/C20H19FN2O5S2.C19H16F2N2O5S2/c1-12-2-4-14(15(21)10-12)18-22-16-5-3-13(11-17(16)29-18)30(26,27)20(19(24)23-25)6-8-28-9-7-20;20-13-3-1-11(9-14(13)21)17-22-15-4-2-12(10-16(15)29-17)30(26,27)19(18(24)23-25)5-7-28-8-6-19/h2-5,10-11,25H,6-9H2,1H3,(H,23,24);1-4,9-10,25H,5-8H2,(H,23,24). The van der Waals surface area contributed by atoms with Gasteiger partial charge in [-0.3, -0.25) is 20.0 Å². The first kappa shape index (κ1) is 43.2. The van der Waals surface area contributed by atoms with Gasteiger partial charge in [0.1, 0.15) is 15.8 Å². The molecule has 0 atom stereocenters. The number of benzene rings is 4. The van der Waals surface area contributed by atoms with Crippen molar-refractivity contribution >= 4 is 74.6 Å². The Labute approximate surface area is 348 Å². The Balaban J connectivity index is 0.000000181. The minimum absolute atomic E-state index is 0.0555. The maximum Gasteiger partial charge on any atom is 0.265 e. The molecule has 2 fully saturated rings. The van der Waals surface area contributed by atoms with Crippen molar-refractivity contribution in [2.24, 2.45) is 0 Å². The third-order valence-corrected chi connectivity index (χ3v) is 17.6. The van der Waals surface area contributed by atoms with Crippen molar-refractivity contribution in [3.05, 3.63) is 95.8 Å². The fourth-order valence-electron chi connectivity index (χ4n) is 7.10. The summed E-state index contributed by atoms with van der Waals surface area (Å²) in [5.74, 6) is -4.36. The predicted octanol–water partition coefficient (Wildman–Crippen LogP) is 6.31. The highest BCUT2D eigenvalue weighted by molar-refractivity contribution is 7.94. The lowest BCUT2D eigenvalue weighted by atomic mass is 9.98. The van der Waals surface area contributed by atoms with Crippen molar-refractivity contribution in [2.75, 3.05) is 26.4 Å². The summed E-state index contributed by atoms with van der Waals surface area (Å²) in [7, 11) is -8.32. The Morgan fingerprint density at radius 3 is 1.58 bits per heavy atom. The van der Waals surface area contributed by atoms with E-state index in [1.165, 1.54) is 70.8 Å². The molecule has 0 saturated carbocycles. The summed E-state index contributed by atoms with van der Waals surface area (Å²) >= 11 is 2.29. The molecule has 8 rings (SSSR count). The van der Waals surface area contributed by atoms with Gasteiger partial charge in [0.25, 0.3) is 11.8 Å². The molecule has 2 aliphatic heterocycles. The Hall–Kier alpha value is -4.87. The first-order valence-electron chi connectivity index (χ1n) is 18.1. The van der Waals surface area contributed by atoms with Crippen LogP contribution in [0.25, 0.3) is 41.6 Å². The summed E-state index contributed by atoms with van der Waals surface area (Å²) in [5.41, 5.74) is 5.47. The van der Waals surface area contributed by atoms with Crippen LogP contribution < -0.4 is 11.0 Å². The zero-order chi connectivity index (χ0) is 43.0. The molecular weight excluding hydrogens is 870 g/mol. The zero-order valence-electron chi connectivity index (χ0n) is 31.4. The quantitative estimate of drug-likeness (QED) is 0.0979. The van der Waals surface area contributed by atoms with E-state index in [1.807, 2.05) is 0 Å². The number of aromatic nitrogens is 2. The van der Waals surface area contributed by atoms with E-state index in [4.69, 9.17) is 19.9 Å². The minimum Gasteiger partial charge on any atom is -0.381 e. The molecule has 4 N–H and O–H groups in total. The number of halogens is 3. The number of carbonyl (C=O) groups is 2. The number of thiazole rings is 2.